The quantitative estimate of drug-likeness (QED) is 0.219. The predicted octanol–water partition coefficient (Wildman–Crippen LogP) is 4.65. The molecule has 0 fully saturated rings. The van der Waals surface area contributed by atoms with Crippen LogP contribution in [0.4, 0.5) is 14.9 Å². The third kappa shape index (κ3) is 9.42. The van der Waals surface area contributed by atoms with Crippen molar-refractivity contribution in [2.75, 3.05) is 12.8 Å². The van der Waals surface area contributed by atoms with Gasteiger partial charge in [0.05, 0.1) is 18.7 Å². The Labute approximate surface area is 212 Å². The highest BCUT2D eigenvalue weighted by molar-refractivity contribution is 6.36. The summed E-state index contributed by atoms with van der Waals surface area (Å²) in [6.45, 7) is 4.98. The summed E-state index contributed by atoms with van der Waals surface area (Å²) >= 11 is 12.4. The highest BCUT2D eigenvalue weighted by atomic mass is 35.5. The van der Waals surface area contributed by atoms with Crippen molar-refractivity contribution in [3.8, 4) is 0 Å². The molecule has 12 heteroatoms. The SMILES string of the molecule is CO/N=C(\CC(=O)NC(=NCc1c(Cl)cc(N)cc1Cl)NC(=O)OC(C)(C)C)c1ccc(F)cc1. The van der Waals surface area contributed by atoms with Crippen molar-refractivity contribution in [2.24, 2.45) is 10.1 Å². The van der Waals surface area contributed by atoms with Gasteiger partial charge in [-0.1, -0.05) is 40.5 Å². The lowest BCUT2D eigenvalue weighted by Crippen LogP contribution is -2.46. The summed E-state index contributed by atoms with van der Waals surface area (Å²) < 4.78 is 18.5. The number of aliphatic imine (C=N–C) groups is 1. The van der Waals surface area contributed by atoms with Gasteiger partial charge >= 0.3 is 6.09 Å². The van der Waals surface area contributed by atoms with Gasteiger partial charge in [0, 0.05) is 26.9 Å². The molecule has 2 aromatic rings. The summed E-state index contributed by atoms with van der Waals surface area (Å²) in [6, 6.07) is 8.39. The molecule has 0 radical (unpaired) electrons. The smallest absolute Gasteiger partial charge is 0.414 e. The van der Waals surface area contributed by atoms with Crippen LogP contribution in [-0.2, 0) is 20.9 Å². The monoisotopic (exact) mass is 525 g/mol. The second-order valence-corrected chi connectivity index (χ2v) is 9.02. The molecule has 4 N–H and O–H groups in total. The van der Waals surface area contributed by atoms with E-state index < -0.39 is 23.4 Å². The van der Waals surface area contributed by atoms with Crippen molar-refractivity contribution >= 4 is 52.6 Å². The number of rotatable bonds is 6. The van der Waals surface area contributed by atoms with Crippen molar-refractivity contribution in [1.29, 1.82) is 0 Å². The predicted molar refractivity (Wildman–Crippen MR) is 134 cm³/mol. The van der Waals surface area contributed by atoms with Crippen LogP contribution in [0.2, 0.25) is 10.0 Å². The number of ether oxygens (including phenoxy) is 1. The number of hydrogen-bond donors (Lipinski definition) is 3. The fourth-order valence-electron chi connectivity index (χ4n) is 2.71. The standard InChI is InChI=1S/C23H26Cl2FN5O4/c1-23(2,3)35-22(33)30-21(28-12-16-17(24)9-15(27)10-18(16)25)29-20(32)11-19(31-34-4)13-5-7-14(26)8-6-13/h5-10H,11-12,27H2,1-4H3,(H2,28,29,30,32,33)/b31-19+. The lowest BCUT2D eigenvalue weighted by atomic mass is 10.1. The molecule has 188 valence electrons. The summed E-state index contributed by atoms with van der Waals surface area (Å²) in [5.41, 5.74) is 6.45. The molecule has 35 heavy (non-hydrogen) atoms. The van der Waals surface area contributed by atoms with E-state index in [1.807, 2.05) is 0 Å². The number of carbonyl (C=O) groups is 2. The van der Waals surface area contributed by atoms with E-state index in [-0.39, 0.29) is 34.7 Å². The lowest BCUT2D eigenvalue weighted by molar-refractivity contribution is -0.118. The van der Waals surface area contributed by atoms with Gasteiger partial charge in [0.25, 0.3) is 0 Å². The Hall–Kier alpha value is -3.37. The van der Waals surface area contributed by atoms with Gasteiger partial charge in [-0.2, -0.15) is 0 Å². The first-order valence-electron chi connectivity index (χ1n) is 10.3. The van der Waals surface area contributed by atoms with E-state index in [9.17, 15) is 14.0 Å². The first kappa shape index (κ1) is 27.9. The Morgan fingerprint density at radius 1 is 1.09 bits per heavy atom. The first-order chi connectivity index (χ1) is 16.4. The van der Waals surface area contributed by atoms with Crippen molar-refractivity contribution in [3.05, 3.63) is 63.4 Å². The van der Waals surface area contributed by atoms with Crippen LogP contribution in [0, 0.1) is 5.82 Å². The van der Waals surface area contributed by atoms with Crippen LogP contribution in [0.5, 0.6) is 0 Å². The molecule has 0 aliphatic carbocycles. The summed E-state index contributed by atoms with van der Waals surface area (Å²) in [4.78, 5) is 34.1. The minimum Gasteiger partial charge on any atom is -0.444 e. The number of nitrogens with two attached hydrogens (primary N) is 1. The number of amides is 2. The average Bonchev–Trinajstić information content (AvgIpc) is 2.71. The molecule has 0 aromatic heterocycles. The molecule has 2 amide bonds. The van der Waals surface area contributed by atoms with Gasteiger partial charge in [-0.3, -0.25) is 15.4 Å². The zero-order chi connectivity index (χ0) is 26.2. The van der Waals surface area contributed by atoms with E-state index in [0.29, 0.717) is 16.8 Å². The fourth-order valence-corrected chi connectivity index (χ4v) is 3.33. The molecule has 2 rings (SSSR count). The molecule has 9 nitrogen and oxygen atoms in total. The molecule has 0 heterocycles. The molecule has 0 aliphatic heterocycles. The summed E-state index contributed by atoms with van der Waals surface area (Å²) in [5.74, 6) is -1.23. The Bertz CT molecular complexity index is 1110. The van der Waals surface area contributed by atoms with Crippen LogP contribution in [0.3, 0.4) is 0 Å². The summed E-state index contributed by atoms with van der Waals surface area (Å²) in [5, 5.41) is 9.29. The Balaban J connectivity index is 2.25. The highest BCUT2D eigenvalue weighted by Gasteiger charge is 2.20. The third-order valence-electron chi connectivity index (χ3n) is 4.14. The number of carbonyl (C=O) groups excluding carboxylic acids is 2. The molecular formula is C23H26Cl2FN5O4. The number of nitrogens with one attached hydrogen (secondary N) is 2. The van der Waals surface area contributed by atoms with E-state index in [4.69, 9.17) is 38.5 Å². The second kappa shape index (κ2) is 12.4. The van der Waals surface area contributed by atoms with Crippen LogP contribution in [0.25, 0.3) is 0 Å². The average molecular weight is 526 g/mol. The molecule has 0 atom stereocenters. The number of anilines is 1. The van der Waals surface area contributed by atoms with Gasteiger partial charge in [0.15, 0.2) is 0 Å². The molecule has 0 unspecified atom stereocenters. The third-order valence-corrected chi connectivity index (χ3v) is 4.82. The van der Waals surface area contributed by atoms with E-state index in [1.54, 1.807) is 20.8 Å². The zero-order valence-electron chi connectivity index (χ0n) is 19.6. The maximum Gasteiger partial charge on any atom is 0.414 e. The van der Waals surface area contributed by atoms with Gasteiger partial charge < -0.3 is 15.3 Å². The Kier molecular flexibility index (Phi) is 9.85. The van der Waals surface area contributed by atoms with Crippen LogP contribution in [0.15, 0.2) is 46.5 Å². The number of nitrogen functional groups attached to an aromatic ring is 1. The molecule has 2 aromatic carbocycles. The van der Waals surface area contributed by atoms with Gasteiger partial charge in [-0.05, 0) is 45.0 Å². The Morgan fingerprint density at radius 2 is 1.69 bits per heavy atom. The topological polar surface area (TPSA) is 127 Å². The second-order valence-electron chi connectivity index (χ2n) is 8.21. The number of alkyl carbamates (subject to hydrolysis) is 1. The molecule has 0 aliphatic rings. The van der Waals surface area contributed by atoms with Crippen LogP contribution in [-0.4, -0.2) is 36.4 Å². The van der Waals surface area contributed by atoms with Gasteiger partial charge in [-0.25, -0.2) is 14.2 Å². The summed E-state index contributed by atoms with van der Waals surface area (Å²) in [6.07, 6.45) is -1.10. The van der Waals surface area contributed by atoms with Crippen LogP contribution < -0.4 is 16.4 Å². The number of hydrogen-bond acceptors (Lipinski definition) is 7. The largest absolute Gasteiger partial charge is 0.444 e. The highest BCUT2D eigenvalue weighted by Crippen LogP contribution is 2.28. The van der Waals surface area contributed by atoms with Gasteiger partial charge in [0.1, 0.15) is 18.5 Å². The van der Waals surface area contributed by atoms with Crippen LogP contribution in [0.1, 0.15) is 38.3 Å². The molecule has 0 saturated heterocycles. The maximum atomic E-state index is 13.3. The van der Waals surface area contributed by atoms with Crippen molar-refractivity contribution in [1.82, 2.24) is 10.6 Å². The van der Waals surface area contributed by atoms with Crippen molar-refractivity contribution in [2.45, 2.75) is 39.3 Å². The van der Waals surface area contributed by atoms with Gasteiger partial charge in [-0.15, -0.1) is 0 Å². The summed E-state index contributed by atoms with van der Waals surface area (Å²) in [7, 11) is 1.32. The van der Waals surface area contributed by atoms with E-state index >= 15 is 0 Å². The maximum absolute atomic E-state index is 13.3. The number of halogens is 3. The molecule has 0 bridgehead atoms. The van der Waals surface area contributed by atoms with Crippen molar-refractivity contribution < 1.29 is 23.6 Å². The molecular weight excluding hydrogens is 500 g/mol. The normalized spacial score (nSPS) is 12.2. The first-order valence-corrected chi connectivity index (χ1v) is 11.1. The minimum atomic E-state index is -0.838. The fraction of sp³-hybridized carbons (Fsp3) is 0.304. The lowest BCUT2D eigenvalue weighted by Gasteiger charge is -2.20. The zero-order valence-corrected chi connectivity index (χ0v) is 21.1. The van der Waals surface area contributed by atoms with E-state index in [1.165, 1.54) is 43.5 Å². The molecule has 0 saturated carbocycles. The number of nitrogens with zero attached hydrogens (tertiary/aromatic N) is 2. The van der Waals surface area contributed by atoms with Gasteiger partial charge in [0.2, 0.25) is 11.9 Å². The van der Waals surface area contributed by atoms with E-state index in [0.717, 1.165) is 0 Å². The number of oxime groups is 1. The van der Waals surface area contributed by atoms with Crippen LogP contribution >= 0.6 is 23.2 Å². The van der Waals surface area contributed by atoms with E-state index in [2.05, 4.69) is 20.8 Å². The van der Waals surface area contributed by atoms with Crippen molar-refractivity contribution in [3.63, 3.8) is 0 Å². The molecule has 0 spiro atoms. The minimum absolute atomic E-state index is 0.0830. The number of benzene rings is 2. The Morgan fingerprint density at radius 3 is 2.23 bits per heavy atom. The number of guanidine groups is 1.